The first-order chi connectivity index (χ1) is 17.0. The highest BCUT2D eigenvalue weighted by molar-refractivity contribution is 5.80. The fraction of sp³-hybridized carbons (Fsp3) is 0.464. The normalized spacial score (nSPS) is 25.0. The second-order valence-corrected chi connectivity index (χ2v) is 10.1. The van der Waals surface area contributed by atoms with Crippen molar-refractivity contribution in [2.24, 2.45) is 17.8 Å². The highest BCUT2D eigenvalue weighted by Gasteiger charge is 2.37. The van der Waals surface area contributed by atoms with Crippen molar-refractivity contribution in [3.05, 3.63) is 59.7 Å². The molecule has 0 heterocycles. The van der Waals surface area contributed by atoms with Crippen molar-refractivity contribution in [2.75, 3.05) is 13.2 Å². The molecule has 0 spiro atoms. The number of carboxylic acid groups (broad SMARTS) is 1. The molecule has 2 amide bonds. The summed E-state index contributed by atoms with van der Waals surface area (Å²) in [6, 6.07) is 16.5. The summed E-state index contributed by atoms with van der Waals surface area (Å²) < 4.78 is 5.62. The summed E-state index contributed by atoms with van der Waals surface area (Å²) in [7, 11) is 0. The van der Waals surface area contributed by atoms with Crippen molar-refractivity contribution >= 4 is 18.0 Å². The second kappa shape index (κ2) is 10.1. The molecular formula is C28H32N2O5. The first kappa shape index (κ1) is 23.4. The number of ether oxygens (including phenoxy) is 1. The highest BCUT2D eigenvalue weighted by atomic mass is 16.5. The molecule has 7 heteroatoms. The van der Waals surface area contributed by atoms with E-state index in [1.807, 2.05) is 24.3 Å². The van der Waals surface area contributed by atoms with E-state index in [4.69, 9.17) is 9.84 Å². The fourth-order valence-electron chi connectivity index (χ4n) is 5.76. The molecule has 35 heavy (non-hydrogen) atoms. The van der Waals surface area contributed by atoms with Gasteiger partial charge in [0.25, 0.3) is 0 Å². The smallest absolute Gasteiger partial charge is 0.407 e. The summed E-state index contributed by atoms with van der Waals surface area (Å²) >= 11 is 0. The number of carbonyl (C=O) groups excluding carboxylic acids is 2. The number of fused-ring (bicyclic) bond motifs is 3. The molecule has 0 radical (unpaired) electrons. The van der Waals surface area contributed by atoms with E-state index < -0.39 is 12.1 Å². The number of hydrogen-bond donors (Lipinski definition) is 3. The molecule has 5 rings (SSSR count). The molecule has 0 atom stereocenters. The molecule has 3 N–H and O–H groups in total. The van der Waals surface area contributed by atoms with Crippen LogP contribution in [0.1, 0.15) is 55.6 Å². The Morgan fingerprint density at radius 1 is 0.857 bits per heavy atom. The van der Waals surface area contributed by atoms with E-state index in [2.05, 4.69) is 34.9 Å². The van der Waals surface area contributed by atoms with Crippen LogP contribution in [-0.2, 0) is 14.3 Å². The van der Waals surface area contributed by atoms with E-state index in [0.717, 1.165) is 25.7 Å². The Balaban J connectivity index is 1.03. The molecule has 0 unspecified atom stereocenters. The second-order valence-electron chi connectivity index (χ2n) is 10.1. The van der Waals surface area contributed by atoms with E-state index in [9.17, 15) is 14.4 Å². The van der Waals surface area contributed by atoms with Gasteiger partial charge < -0.3 is 20.5 Å². The zero-order valence-corrected chi connectivity index (χ0v) is 19.7. The van der Waals surface area contributed by atoms with E-state index in [1.54, 1.807) is 0 Å². The van der Waals surface area contributed by atoms with Gasteiger partial charge in [0.2, 0.25) is 5.91 Å². The van der Waals surface area contributed by atoms with Gasteiger partial charge in [0.1, 0.15) is 6.61 Å². The van der Waals surface area contributed by atoms with Crippen molar-refractivity contribution in [1.82, 2.24) is 10.6 Å². The van der Waals surface area contributed by atoms with Crippen LogP contribution in [0.4, 0.5) is 4.79 Å². The number of benzene rings is 2. The van der Waals surface area contributed by atoms with Crippen molar-refractivity contribution in [2.45, 2.75) is 50.5 Å². The molecule has 7 nitrogen and oxygen atoms in total. The quantitative estimate of drug-likeness (QED) is 0.552. The van der Waals surface area contributed by atoms with Crippen LogP contribution in [0, 0.1) is 17.8 Å². The van der Waals surface area contributed by atoms with E-state index in [-0.39, 0.29) is 29.7 Å². The summed E-state index contributed by atoms with van der Waals surface area (Å²) in [4.78, 5) is 35.8. The van der Waals surface area contributed by atoms with Crippen LogP contribution in [0.15, 0.2) is 48.5 Å². The Hall–Kier alpha value is -3.35. The minimum atomic E-state index is -0.778. The molecule has 0 bridgehead atoms. The molecule has 2 fully saturated rings. The third-order valence-corrected chi connectivity index (χ3v) is 7.93. The highest BCUT2D eigenvalue weighted by Crippen LogP contribution is 2.44. The van der Waals surface area contributed by atoms with E-state index >= 15 is 0 Å². The minimum Gasteiger partial charge on any atom is -0.481 e. The van der Waals surface area contributed by atoms with E-state index in [1.165, 1.54) is 22.3 Å². The first-order valence-electron chi connectivity index (χ1n) is 12.6. The summed E-state index contributed by atoms with van der Waals surface area (Å²) in [5.74, 6) is -0.700. The van der Waals surface area contributed by atoms with Gasteiger partial charge in [-0.15, -0.1) is 0 Å². The van der Waals surface area contributed by atoms with Crippen LogP contribution in [0.2, 0.25) is 0 Å². The lowest BCUT2D eigenvalue weighted by Gasteiger charge is -2.35. The van der Waals surface area contributed by atoms with Crippen molar-refractivity contribution < 1.29 is 24.2 Å². The third kappa shape index (κ3) is 5.04. The van der Waals surface area contributed by atoms with Gasteiger partial charge in [0.15, 0.2) is 0 Å². The Morgan fingerprint density at radius 2 is 1.46 bits per heavy atom. The average molecular weight is 477 g/mol. The molecule has 0 saturated heterocycles. The zero-order valence-electron chi connectivity index (χ0n) is 19.7. The Labute approximate surface area is 205 Å². The number of aliphatic carboxylic acids is 1. The number of nitrogens with one attached hydrogen (secondary N) is 2. The molecule has 3 aliphatic rings. The summed E-state index contributed by atoms with van der Waals surface area (Å²) in [6.07, 6.45) is 4.00. The largest absolute Gasteiger partial charge is 0.481 e. The van der Waals surface area contributed by atoms with Crippen LogP contribution in [0.25, 0.3) is 11.1 Å². The maximum absolute atomic E-state index is 12.5. The number of amides is 2. The molecule has 184 valence electrons. The van der Waals surface area contributed by atoms with Crippen LogP contribution in [0.3, 0.4) is 0 Å². The monoisotopic (exact) mass is 476 g/mol. The number of carbonyl (C=O) groups is 3. The summed E-state index contributed by atoms with van der Waals surface area (Å²) in [5, 5.41) is 14.9. The van der Waals surface area contributed by atoms with Crippen molar-refractivity contribution in [1.29, 1.82) is 0 Å². The Morgan fingerprint density at radius 3 is 2.06 bits per heavy atom. The van der Waals surface area contributed by atoms with Crippen LogP contribution in [-0.4, -0.2) is 42.3 Å². The number of carboxylic acids is 1. The first-order valence-corrected chi connectivity index (χ1v) is 12.6. The van der Waals surface area contributed by atoms with Crippen molar-refractivity contribution in [3.63, 3.8) is 0 Å². The van der Waals surface area contributed by atoms with Gasteiger partial charge in [-0.25, -0.2) is 4.79 Å². The van der Waals surface area contributed by atoms with Crippen LogP contribution in [0.5, 0.6) is 0 Å². The maximum atomic E-state index is 12.5. The topological polar surface area (TPSA) is 105 Å². The van der Waals surface area contributed by atoms with E-state index in [0.29, 0.717) is 31.9 Å². The van der Waals surface area contributed by atoms with Gasteiger partial charge in [-0.3, -0.25) is 9.59 Å². The average Bonchev–Trinajstić information content (AvgIpc) is 3.17. The molecule has 3 aliphatic carbocycles. The SMILES string of the molecule is O=C(NCC1CCC(C(=O)NC2CC(C(=O)O)C2)CC1)OCC1c2ccccc2-c2ccccc21. The number of alkyl carbamates (subject to hydrolysis) is 1. The molecule has 0 aromatic heterocycles. The van der Waals surface area contributed by atoms with Gasteiger partial charge in [-0.05, 0) is 66.7 Å². The Kier molecular flexibility index (Phi) is 6.75. The van der Waals surface area contributed by atoms with Gasteiger partial charge >= 0.3 is 12.1 Å². The lowest BCUT2D eigenvalue weighted by molar-refractivity contribution is -0.146. The molecule has 2 aromatic rings. The third-order valence-electron chi connectivity index (χ3n) is 7.93. The molecule has 2 saturated carbocycles. The standard InChI is InChI=1S/C28H32N2O5/c31-26(30-20-13-19(14-20)27(32)33)18-11-9-17(10-12-18)15-29-28(34)35-16-25-23-7-3-1-5-21(23)22-6-2-4-8-24(22)25/h1-8,17-20,25H,9-16H2,(H,29,34)(H,30,31)(H,32,33). The fourth-order valence-corrected chi connectivity index (χ4v) is 5.76. The lowest BCUT2D eigenvalue weighted by Crippen LogP contribution is -2.49. The number of hydrogen-bond acceptors (Lipinski definition) is 4. The van der Waals surface area contributed by atoms with Crippen LogP contribution < -0.4 is 10.6 Å². The Bertz CT molecular complexity index is 1060. The predicted molar refractivity (Wildman–Crippen MR) is 131 cm³/mol. The van der Waals surface area contributed by atoms with Gasteiger partial charge in [0.05, 0.1) is 5.92 Å². The van der Waals surface area contributed by atoms with Crippen molar-refractivity contribution in [3.8, 4) is 11.1 Å². The summed E-state index contributed by atoms with van der Waals surface area (Å²) in [5.41, 5.74) is 4.80. The zero-order chi connectivity index (χ0) is 24.4. The van der Waals surface area contributed by atoms with Gasteiger partial charge in [0, 0.05) is 24.4 Å². The van der Waals surface area contributed by atoms with Crippen LogP contribution >= 0.6 is 0 Å². The minimum absolute atomic E-state index is 0.00319. The maximum Gasteiger partial charge on any atom is 0.407 e. The lowest BCUT2D eigenvalue weighted by atomic mass is 9.78. The molecule has 2 aromatic carbocycles. The summed E-state index contributed by atoms with van der Waals surface area (Å²) in [6.45, 7) is 0.852. The van der Waals surface area contributed by atoms with Gasteiger partial charge in [-0.1, -0.05) is 48.5 Å². The number of rotatable bonds is 7. The molecular weight excluding hydrogens is 444 g/mol. The molecule has 0 aliphatic heterocycles. The van der Waals surface area contributed by atoms with Gasteiger partial charge in [-0.2, -0.15) is 0 Å². The predicted octanol–water partition coefficient (Wildman–Crippen LogP) is 4.31.